The maximum atomic E-state index is 12.2. The van der Waals surface area contributed by atoms with Crippen molar-refractivity contribution in [2.24, 2.45) is 5.41 Å². The Kier molecular flexibility index (Phi) is 4.70. The summed E-state index contributed by atoms with van der Waals surface area (Å²) in [6.45, 7) is 8.02. The van der Waals surface area contributed by atoms with Crippen LogP contribution in [0.4, 0.5) is 0 Å². The van der Waals surface area contributed by atoms with E-state index in [0.717, 1.165) is 43.4 Å². The molecule has 0 aliphatic heterocycles. The Morgan fingerprint density at radius 3 is 2.29 bits per heavy atom. The van der Waals surface area contributed by atoms with Gasteiger partial charge in [-0.3, -0.25) is 4.79 Å². The van der Waals surface area contributed by atoms with Gasteiger partial charge >= 0.3 is 5.97 Å². The zero-order valence-electron chi connectivity index (χ0n) is 11.5. The molecule has 0 saturated heterocycles. The molecule has 98 valence electrons. The van der Waals surface area contributed by atoms with Gasteiger partial charge in [-0.1, -0.05) is 26.1 Å². The molecule has 17 heavy (non-hydrogen) atoms. The third-order valence-corrected chi connectivity index (χ3v) is 4.52. The monoisotopic (exact) mass is 256 g/mol. The first-order valence-corrected chi connectivity index (χ1v) is 7.01. The first-order chi connectivity index (χ1) is 7.85. The minimum atomic E-state index is -0.375. The van der Waals surface area contributed by atoms with E-state index >= 15 is 0 Å². The number of carbonyl (C=O) groups is 1. The Balaban J connectivity index is 2.70. The highest BCUT2D eigenvalue weighted by Crippen LogP contribution is 2.36. The average molecular weight is 256 g/mol. The van der Waals surface area contributed by atoms with Crippen LogP contribution in [0.25, 0.3) is 0 Å². The molecule has 1 aliphatic carbocycles. The minimum Gasteiger partial charge on any atom is -0.459 e. The standard InChI is InChI=1S/C14H24O2S/c1-5-13(3,4)12(15)16-14(6-2)9-7-11(17)8-10-14/h5-10H2,1-4H3. The fourth-order valence-electron chi connectivity index (χ4n) is 1.99. The number of hydrogen-bond donors (Lipinski definition) is 0. The molecule has 0 amide bonds. The SMILES string of the molecule is CCC1(OC(=O)C(C)(C)CC)CCC(=S)CC1. The molecule has 0 unspecified atom stereocenters. The van der Waals surface area contributed by atoms with Crippen LogP contribution in [0, 0.1) is 5.41 Å². The summed E-state index contributed by atoms with van der Waals surface area (Å²) in [7, 11) is 0. The number of carbonyl (C=O) groups excluding carboxylic acids is 1. The average Bonchev–Trinajstić information content (AvgIpc) is 2.32. The van der Waals surface area contributed by atoms with E-state index in [2.05, 4.69) is 6.92 Å². The van der Waals surface area contributed by atoms with Crippen LogP contribution in [-0.4, -0.2) is 16.4 Å². The molecular weight excluding hydrogens is 232 g/mol. The molecule has 0 spiro atoms. The van der Waals surface area contributed by atoms with Crippen LogP contribution >= 0.6 is 12.2 Å². The lowest BCUT2D eigenvalue weighted by molar-refractivity contribution is -0.173. The molecule has 0 aromatic heterocycles. The highest BCUT2D eigenvalue weighted by molar-refractivity contribution is 7.80. The molecule has 0 N–H and O–H groups in total. The first kappa shape index (κ1) is 14.6. The van der Waals surface area contributed by atoms with Crippen molar-refractivity contribution >= 4 is 23.1 Å². The molecule has 0 bridgehead atoms. The van der Waals surface area contributed by atoms with Crippen molar-refractivity contribution in [2.45, 2.75) is 71.8 Å². The molecule has 1 aliphatic rings. The van der Waals surface area contributed by atoms with Crippen LogP contribution in [0.2, 0.25) is 0 Å². The summed E-state index contributed by atoms with van der Waals surface area (Å²) in [5, 5.41) is 0. The van der Waals surface area contributed by atoms with Gasteiger partial charge in [-0.15, -0.1) is 0 Å². The van der Waals surface area contributed by atoms with Crippen LogP contribution in [-0.2, 0) is 9.53 Å². The predicted molar refractivity (Wildman–Crippen MR) is 74.3 cm³/mol. The Morgan fingerprint density at radius 1 is 1.35 bits per heavy atom. The Bertz CT molecular complexity index is 297. The van der Waals surface area contributed by atoms with Crippen molar-refractivity contribution in [3.8, 4) is 0 Å². The van der Waals surface area contributed by atoms with Gasteiger partial charge in [0.1, 0.15) is 5.60 Å². The van der Waals surface area contributed by atoms with Gasteiger partial charge in [0, 0.05) is 0 Å². The number of esters is 1. The maximum absolute atomic E-state index is 12.2. The lowest BCUT2D eigenvalue weighted by atomic mass is 9.82. The molecule has 0 aromatic carbocycles. The van der Waals surface area contributed by atoms with Crippen LogP contribution < -0.4 is 0 Å². The lowest BCUT2D eigenvalue weighted by Gasteiger charge is -2.38. The molecule has 0 radical (unpaired) electrons. The van der Waals surface area contributed by atoms with Crippen LogP contribution in [0.5, 0.6) is 0 Å². The Hall–Kier alpha value is -0.440. The molecule has 2 nitrogen and oxygen atoms in total. The fraction of sp³-hybridized carbons (Fsp3) is 0.857. The van der Waals surface area contributed by atoms with Gasteiger partial charge < -0.3 is 4.74 Å². The predicted octanol–water partition coefficient (Wildman–Crippen LogP) is 4.06. The summed E-state index contributed by atoms with van der Waals surface area (Å²) in [6.07, 6.45) is 5.33. The summed E-state index contributed by atoms with van der Waals surface area (Å²) < 4.78 is 5.83. The van der Waals surface area contributed by atoms with Crippen LogP contribution in [0.15, 0.2) is 0 Å². The highest BCUT2D eigenvalue weighted by atomic mass is 32.1. The highest BCUT2D eigenvalue weighted by Gasteiger charge is 2.39. The van der Waals surface area contributed by atoms with E-state index < -0.39 is 0 Å². The van der Waals surface area contributed by atoms with Crippen LogP contribution in [0.1, 0.15) is 66.2 Å². The van der Waals surface area contributed by atoms with Crippen molar-refractivity contribution in [1.29, 1.82) is 0 Å². The smallest absolute Gasteiger partial charge is 0.312 e. The largest absolute Gasteiger partial charge is 0.459 e. The van der Waals surface area contributed by atoms with Gasteiger partial charge in [-0.2, -0.15) is 0 Å². The van der Waals surface area contributed by atoms with Crippen molar-refractivity contribution in [3.05, 3.63) is 0 Å². The molecule has 1 fully saturated rings. The molecule has 0 heterocycles. The van der Waals surface area contributed by atoms with E-state index in [4.69, 9.17) is 17.0 Å². The third-order valence-electron chi connectivity index (χ3n) is 4.11. The van der Waals surface area contributed by atoms with Gasteiger partial charge in [0.2, 0.25) is 0 Å². The fourth-order valence-corrected chi connectivity index (χ4v) is 2.20. The summed E-state index contributed by atoms with van der Waals surface area (Å²) in [5.41, 5.74) is -0.633. The molecule has 3 heteroatoms. The van der Waals surface area contributed by atoms with Gasteiger partial charge in [-0.05, 0) is 57.2 Å². The van der Waals surface area contributed by atoms with Crippen LogP contribution in [0.3, 0.4) is 0 Å². The lowest BCUT2D eigenvalue weighted by Crippen LogP contribution is -2.42. The van der Waals surface area contributed by atoms with E-state index in [1.165, 1.54) is 0 Å². The van der Waals surface area contributed by atoms with Gasteiger partial charge in [0.15, 0.2) is 0 Å². The number of rotatable bonds is 4. The zero-order chi connectivity index (χ0) is 13.1. The van der Waals surface area contributed by atoms with Crippen molar-refractivity contribution < 1.29 is 9.53 Å². The second kappa shape index (κ2) is 5.47. The van der Waals surface area contributed by atoms with Gasteiger partial charge in [0.05, 0.1) is 5.41 Å². The Morgan fingerprint density at radius 2 is 1.88 bits per heavy atom. The van der Waals surface area contributed by atoms with Gasteiger partial charge in [-0.25, -0.2) is 0 Å². The van der Waals surface area contributed by atoms with E-state index in [-0.39, 0.29) is 17.0 Å². The van der Waals surface area contributed by atoms with E-state index in [0.29, 0.717) is 0 Å². The zero-order valence-corrected chi connectivity index (χ0v) is 12.3. The quantitative estimate of drug-likeness (QED) is 0.560. The second-order valence-electron chi connectivity index (χ2n) is 5.70. The van der Waals surface area contributed by atoms with Gasteiger partial charge in [0.25, 0.3) is 0 Å². The van der Waals surface area contributed by atoms with Crippen molar-refractivity contribution in [2.75, 3.05) is 0 Å². The summed E-state index contributed by atoms with van der Waals surface area (Å²) in [6, 6.07) is 0. The molecule has 1 rings (SSSR count). The molecule has 0 atom stereocenters. The maximum Gasteiger partial charge on any atom is 0.312 e. The summed E-state index contributed by atoms with van der Waals surface area (Å²) >= 11 is 5.23. The molecule has 0 aromatic rings. The minimum absolute atomic E-state index is 0.0605. The van der Waals surface area contributed by atoms with E-state index in [1.807, 2.05) is 20.8 Å². The third kappa shape index (κ3) is 3.51. The van der Waals surface area contributed by atoms with E-state index in [1.54, 1.807) is 0 Å². The number of hydrogen-bond acceptors (Lipinski definition) is 3. The Labute approximate surface area is 110 Å². The topological polar surface area (TPSA) is 26.3 Å². The number of ether oxygens (including phenoxy) is 1. The van der Waals surface area contributed by atoms with E-state index in [9.17, 15) is 4.79 Å². The number of thiocarbonyl (C=S) groups is 1. The normalized spacial score (nSPS) is 20.1. The molecule has 1 saturated carbocycles. The van der Waals surface area contributed by atoms with Crippen molar-refractivity contribution in [1.82, 2.24) is 0 Å². The summed E-state index contributed by atoms with van der Waals surface area (Å²) in [4.78, 5) is 13.3. The molecular formula is C14H24O2S. The second-order valence-corrected chi connectivity index (χ2v) is 6.28. The summed E-state index contributed by atoms with van der Waals surface area (Å²) in [5.74, 6) is -0.0605. The first-order valence-electron chi connectivity index (χ1n) is 6.60. The van der Waals surface area contributed by atoms with Crippen molar-refractivity contribution in [3.63, 3.8) is 0 Å².